The summed E-state index contributed by atoms with van der Waals surface area (Å²) in [5, 5.41) is 12.8. The molecular formula is C30H30Cl2FN5O5. The SMILES string of the molecule is CC(C)(C)OC(=O)N1C[C@@H]2[C@H](C1)C2(C#N)c1ccc(-c2ccc(N3C[C@H](CNC(=O)C4CC4(Cl)Cl)OC3=O)cc2F)cn1. The summed E-state index contributed by atoms with van der Waals surface area (Å²) in [5.74, 6) is -1.43. The van der Waals surface area contributed by atoms with Crippen molar-refractivity contribution in [2.75, 3.05) is 31.1 Å². The van der Waals surface area contributed by atoms with Gasteiger partial charge in [0.25, 0.3) is 0 Å². The van der Waals surface area contributed by atoms with E-state index in [0.29, 0.717) is 36.5 Å². The number of pyridine rings is 1. The Morgan fingerprint density at radius 3 is 2.47 bits per heavy atom. The van der Waals surface area contributed by atoms with E-state index in [1.165, 1.54) is 17.2 Å². The van der Waals surface area contributed by atoms with Crippen molar-refractivity contribution in [1.82, 2.24) is 15.2 Å². The van der Waals surface area contributed by atoms with Gasteiger partial charge in [0, 0.05) is 42.2 Å². The first-order valence-electron chi connectivity index (χ1n) is 14.0. The molecule has 1 N–H and O–H groups in total. The number of piperidine rings is 1. The fourth-order valence-corrected chi connectivity index (χ4v) is 6.59. The second kappa shape index (κ2) is 10.2. The van der Waals surface area contributed by atoms with Crippen molar-refractivity contribution in [1.29, 1.82) is 5.26 Å². The van der Waals surface area contributed by atoms with Crippen LogP contribution in [0, 0.1) is 34.9 Å². The molecule has 1 aromatic heterocycles. The highest BCUT2D eigenvalue weighted by Crippen LogP contribution is 2.63. The zero-order valence-corrected chi connectivity index (χ0v) is 25.3. The Hall–Kier alpha value is -3.62. The van der Waals surface area contributed by atoms with Gasteiger partial charge < -0.3 is 19.7 Å². The number of nitriles is 1. The van der Waals surface area contributed by atoms with Gasteiger partial charge in [0.2, 0.25) is 5.91 Å². The molecule has 0 bridgehead atoms. The molecule has 10 nitrogen and oxygen atoms in total. The number of benzene rings is 1. The van der Waals surface area contributed by atoms with E-state index in [4.69, 9.17) is 32.7 Å². The van der Waals surface area contributed by atoms with Gasteiger partial charge in [-0.2, -0.15) is 5.26 Å². The monoisotopic (exact) mass is 629 g/mol. The van der Waals surface area contributed by atoms with Crippen molar-refractivity contribution in [3.63, 3.8) is 0 Å². The van der Waals surface area contributed by atoms with Crippen molar-refractivity contribution in [3.8, 4) is 17.2 Å². The Bertz CT molecular complexity index is 1530. The lowest BCUT2D eigenvalue weighted by atomic mass is 9.95. The van der Waals surface area contributed by atoms with Gasteiger partial charge in [-0.05, 0) is 51.5 Å². The van der Waals surface area contributed by atoms with Crippen LogP contribution in [0.15, 0.2) is 36.5 Å². The molecule has 0 spiro atoms. The largest absolute Gasteiger partial charge is 0.444 e. The topological polar surface area (TPSA) is 125 Å². The summed E-state index contributed by atoms with van der Waals surface area (Å²) in [6.45, 7) is 6.49. The van der Waals surface area contributed by atoms with Crippen molar-refractivity contribution >= 4 is 47.0 Å². The van der Waals surface area contributed by atoms with E-state index in [1.807, 2.05) is 20.8 Å². The van der Waals surface area contributed by atoms with Crippen LogP contribution in [0.1, 0.15) is 32.9 Å². The van der Waals surface area contributed by atoms with Crippen molar-refractivity contribution in [2.45, 2.75) is 48.6 Å². The van der Waals surface area contributed by atoms with Gasteiger partial charge in [-0.15, -0.1) is 23.2 Å². The Kier molecular flexibility index (Phi) is 7.01. The minimum atomic E-state index is -1.04. The van der Waals surface area contributed by atoms with Gasteiger partial charge in [-0.3, -0.25) is 14.7 Å². The highest BCUT2D eigenvalue weighted by Gasteiger charge is 2.71. The quantitative estimate of drug-likeness (QED) is 0.456. The summed E-state index contributed by atoms with van der Waals surface area (Å²) < 4.78 is 25.0. The van der Waals surface area contributed by atoms with Crippen LogP contribution in [0.5, 0.6) is 0 Å². The fourth-order valence-electron chi connectivity index (χ4n) is 6.09. The molecule has 13 heteroatoms. The van der Waals surface area contributed by atoms with Gasteiger partial charge in [-0.25, -0.2) is 14.0 Å². The van der Waals surface area contributed by atoms with Crippen molar-refractivity contribution < 1.29 is 28.2 Å². The molecule has 5 atom stereocenters. The average molecular weight is 631 g/mol. The van der Waals surface area contributed by atoms with E-state index in [-0.39, 0.29) is 42.5 Å². The maximum absolute atomic E-state index is 15.3. The third-order valence-electron chi connectivity index (χ3n) is 8.50. The number of anilines is 1. The predicted molar refractivity (Wildman–Crippen MR) is 155 cm³/mol. The molecule has 2 aromatic rings. The molecule has 2 aliphatic carbocycles. The van der Waals surface area contributed by atoms with Crippen LogP contribution in [0.3, 0.4) is 0 Å². The van der Waals surface area contributed by atoms with Crippen LogP contribution >= 0.6 is 23.2 Å². The number of amides is 3. The van der Waals surface area contributed by atoms with Crippen LogP contribution < -0.4 is 10.2 Å². The number of hydrogen-bond acceptors (Lipinski definition) is 7. The molecule has 2 saturated heterocycles. The lowest BCUT2D eigenvalue weighted by Crippen LogP contribution is -2.39. The summed E-state index contributed by atoms with van der Waals surface area (Å²) in [6.07, 6.45) is 0.263. The van der Waals surface area contributed by atoms with Crippen LogP contribution in [0.25, 0.3) is 11.1 Å². The normalized spacial score (nSPS) is 28.5. The van der Waals surface area contributed by atoms with Gasteiger partial charge in [0.05, 0.1) is 36.5 Å². The molecule has 3 amide bonds. The molecule has 6 rings (SSSR count). The Morgan fingerprint density at radius 2 is 1.91 bits per heavy atom. The number of alkyl halides is 2. The van der Waals surface area contributed by atoms with Crippen molar-refractivity contribution in [3.05, 3.63) is 48.0 Å². The van der Waals surface area contributed by atoms with Crippen LogP contribution in [-0.2, 0) is 19.7 Å². The third-order valence-corrected chi connectivity index (χ3v) is 9.34. The maximum Gasteiger partial charge on any atom is 0.414 e. The Morgan fingerprint density at radius 1 is 1.21 bits per heavy atom. The maximum atomic E-state index is 15.3. The zero-order valence-electron chi connectivity index (χ0n) is 23.8. The molecule has 226 valence electrons. The van der Waals surface area contributed by atoms with E-state index < -0.39 is 39.3 Å². The molecule has 1 aromatic carbocycles. The number of ether oxygens (including phenoxy) is 2. The summed E-state index contributed by atoms with van der Waals surface area (Å²) in [5.41, 5.74) is 0.322. The standard InChI is InChI=1S/C30H30Cl2FN5O5/c1-28(2,3)43-26(40)37-13-21-22(14-37)29(21,15-34)24-7-4-16(10-35-24)19-6-5-17(8-23(19)33)38-12-18(42-27(38)41)11-36-25(39)20-9-30(20,31)32/h4-8,10,18,20-22H,9,11-14H2,1-3H3,(H,36,39)/t18-,20?,21-,22+,29?/m0/s1. The highest BCUT2D eigenvalue weighted by molar-refractivity contribution is 6.52. The number of nitrogens with zero attached hydrogens (tertiary/aromatic N) is 4. The second-order valence-electron chi connectivity index (χ2n) is 12.6. The van der Waals surface area contributed by atoms with Gasteiger partial charge >= 0.3 is 12.2 Å². The third kappa shape index (κ3) is 5.36. The minimum Gasteiger partial charge on any atom is -0.444 e. The predicted octanol–water partition coefficient (Wildman–Crippen LogP) is 4.78. The average Bonchev–Trinajstić information content (AvgIpc) is 3.57. The number of cyclic esters (lactones) is 1. The lowest BCUT2D eigenvalue weighted by Gasteiger charge is -2.27. The van der Waals surface area contributed by atoms with Crippen LogP contribution in [-0.4, -0.2) is 70.2 Å². The zero-order chi connectivity index (χ0) is 30.9. The van der Waals surface area contributed by atoms with Gasteiger partial charge in [-0.1, -0.05) is 6.07 Å². The first-order chi connectivity index (χ1) is 20.2. The molecule has 2 saturated carbocycles. The first-order valence-corrected chi connectivity index (χ1v) is 14.8. The molecular weight excluding hydrogens is 600 g/mol. The number of hydrogen-bond donors (Lipinski definition) is 1. The van der Waals surface area contributed by atoms with Crippen LogP contribution in [0.2, 0.25) is 0 Å². The van der Waals surface area contributed by atoms with Gasteiger partial charge in [0.15, 0.2) is 0 Å². The molecule has 0 radical (unpaired) electrons. The Labute approximate surface area is 258 Å². The van der Waals surface area contributed by atoms with Crippen LogP contribution in [0.4, 0.5) is 19.7 Å². The van der Waals surface area contributed by atoms with E-state index in [2.05, 4.69) is 16.4 Å². The molecule has 43 heavy (non-hydrogen) atoms. The number of halogens is 3. The molecule has 4 aliphatic rings. The first kappa shape index (κ1) is 29.5. The minimum absolute atomic E-state index is 0.0420. The molecule has 3 heterocycles. The second-order valence-corrected chi connectivity index (χ2v) is 14.1. The number of aromatic nitrogens is 1. The summed E-state index contributed by atoms with van der Waals surface area (Å²) in [4.78, 5) is 44.5. The molecule has 2 aliphatic heterocycles. The molecule has 2 unspecified atom stereocenters. The van der Waals surface area contributed by atoms with Crippen molar-refractivity contribution in [2.24, 2.45) is 17.8 Å². The Balaban J connectivity index is 1.08. The summed E-state index contributed by atoms with van der Waals surface area (Å²) >= 11 is 11.9. The number of rotatable bonds is 6. The lowest BCUT2D eigenvalue weighted by molar-refractivity contribution is -0.122. The summed E-state index contributed by atoms with van der Waals surface area (Å²) in [7, 11) is 0. The van der Waals surface area contributed by atoms with E-state index in [9.17, 15) is 19.6 Å². The number of fused-ring (bicyclic) bond motifs is 1. The summed E-state index contributed by atoms with van der Waals surface area (Å²) in [6, 6.07) is 10.3. The molecule has 4 fully saturated rings. The van der Waals surface area contributed by atoms with E-state index >= 15 is 4.39 Å². The van der Waals surface area contributed by atoms with Gasteiger partial charge in [0.1, 0.15) is 27.3 Å². The number of nitrogens with one attached hydrogen (secondary N) is 1. The number of likely N-dealkylation sites (tertiary alicyclic amines) is 1. The van der Waals surface area contributed by atoms with E-state index in [0.717, 1.165) is 0 Å². The fraction of sp³-hybridized carbons (Fsp3) is 0.500. The highest BCUT2D eigenvalue weighted by atomic mass is 35.5. The number of carbonyl (C=O) groups is 3. The smallest absolute Gasteiger partial charge is 0.414 e. The van der Waals surface area contributed by atoms with E-state index in [1.54, 1.807) is 29.2 Å². The number of carbonyl (C=O) groups excluding carboxylic acids is 3.